The smallest absolute Gasteiger partial charge is 0.354 e. The number of hydrogen-bond donors (Lipinski definition) is 1. The van der Waals surface area contributed by atoms with Crippen LogP contribution in [0.1, 0.15) is 72.1 Å². The number of fused-ring (bicyclic) bond motifs is 2. The highest BCUT2D eigenvalue weighted by molar-refractivity contribution is 6.20. The minimum Gasteiger partial charge on any atom is -0.462 e. The number of nitriles is 1. The Labute approximate surface area is 230 Å². The maximum atomic E-state index is 13.2. The van der Waals surface area contributed by atoms with Gasteiger partial charge >= 0.3 is 11.9 Å². The van der Waals surface area contributed by atoms with E-state index in [4.69, 9.17) is 15.2 Å². The largest absolute Gasteiger partial charge is 0.462 e. The number of benzene rings is 2. The average Bonchev–Trinajstić information content (AvgIpc) is 2.96. The second kappa shape index (κ2) is 14.9. The molecule has 0 bridgehead atoms. The van der Waals surface area contributed by atoms with E-state index >= 15 is 0 Å². The van der Waals surface area contributed by atoms with E-state index in [-0.39, 0.29) is 23.8 Å². The SMILES string of the molecule is CCCCCCOC(=O)/C(C#N)=c1/c2ccccc2/c(=C(/N)C(=O)OCC(CC)CCCC)c2ncccc12. The molecule has 3 rings (SSSR count). The summed E-state index contributed by atoms with van der Waals surface area (Å²) in [6.45, 7) is 6.89. The molecule has 1 atom stereocenters. The number of nitrogens with two attached hydrogens (primary N) is 1. The summed E-state index contributed by atoms with van der Waals surface area (Å²) in [5.41, 5.74) is 6.73. The number of esters is 2. The van der Waals surface area contributed by atoms with E-state index in [1.54, 1.807) is 18.3 Å². The Balaban J connectivity index is 2.18. The molecule has 2 aromatic carbocycles. The molecular formula is C32H39N3O4. The lowest BCUT2D eigenvalue weighted by Gasteiger charge is -2.15. The number of carbonyl (C=O) groups excluding carboxylic acids is 2. The summed E-state index contributed by atoms with van der Waals surface area (Å²) in [4.78, 5) is 30.8. The first-order valence-corrected chi connectivity index (χ1v) is 14.0. The van der Waals surface area contributed by atoms with Gasteiger partial charge < -0.3 is 15.2 Å². The van der Waals surface area contributed by atoms with Gasteiger partial charge in [-0.3, -0.25) is 4.98 Å². The Bertz CT molecular complexity index is 1410. The molecule has 3 aromatic rings. The van der Waals surface area contributed by atoms with Crippen LogP contribution in [0.5, 0.6) is 0 Å². The van der Waals surface area contributed by atoms with Crippen molar-refractivity contribution >= 4 is 44.9 Å². The van der Waals surface area contributed by atoms with Gasteiger partial charge in [-0.25, -0.2) is 9.59 Å². The summed E-state index contributed by atoms with van der Waals surface area (Å²) in [5, 5.41) is 12.7. The molecule has 1 unspecified atom stereocenters. The van der Waals surface area contributed by atoms with Crippen molar-refractivity contribution in [1.29, 1.82) is 5.26 Å². The first-order valence-electron chi connectivity index (χ1n) is 14.0. The highest BCUT2D eigenvalue weighted by atomic mass is 16.5. The standard InChI is InChI=1S/C32H39N3O4/c1-4-7-9-12-19-38-31(36)26(20-33)27-23-15-10-11-16-24(23)28(30-25(27)17-13-18-35-30)29(34)32(37)39-21-22(6-3)14-8-5-2/h10-11,13,15-18,22H,4-9,12,14,19,21,34H2,1-3H3/b27-26-,29-28-. The number of carbonyl (C=O) groups is 2. The van der Waals surface area contributed by atoms with Crippen LogP contribution in [-0.4, -0.2) is 30.1 Å². The molecule has 7 heteroatoms. The molecule has 0 amide bonds. The van der Waals surface area contributed by atoms with Crippen LogP contribution in [0.3, 0.4) is 0 Å². The van der Waals surface area contributed by atoms with Crippen molar-refractivity contribution in [3.05, 3.63) is 53.0 Å². The molecule has 0 aliphatic rings. The summed E-state index contributed by atoms with van der Waals surface area (Å²) in [5.74, 6) is -1.01. The van der Waals surface area contributed by atoms with Crippen LogP contribution in [0.25, 0.3) is 32.9 Å². The molecule has 2 N–H and O–H groups in total. The molecule has 0 aliphatic carbocycles. The van der Waals surface area contributed by atoms with Crippen LogP contribution in [0.2, 0.25) is 0 Å². The van der Waals surface area contributed by atoms with E-state index < -0.39 is 11.9 Å². The van der Waals surface area contributed by atoms with Gasteiger partial charge in [0.1, 0.15) is 17.3 Å². The van der Waals surface area contributed by atoms with Crippen LogP contribution in [0.4, 0.5) is 0 Å². The Morgan fingerprint density at radius 2 is 1.59 bits per heavy atom. The van der Waals surface area contributed by atoms with Gasteiger partial charge in [-0.1, -0.05) is 89.6 Å². The van der Waals surface area contributed by atoms with Gasteiger partial charge in [-0.15, -0.1) is 0 Å². The van der Waals surface area contributed by atoms with Gasteiger partial charge in [0.05, 0.1) is 18.7 Å². The monoisotopic (exact) mass is 529 g/mol. The molecular weight excluding hydrogens is 490 g/mol. The Hall–Kier alpha value is -3.92. The van der Waals surface area contributed by atoms with Crippen molar-refractivity contribution in [3.8, 4) is 6.07 Å². The fourth-order valence-corrected chi connectivity index (χ4v) is 4.78. The summed E-state index contributed by atoms with van der Waals surface area (Å²) < 4.78 is 11.1. The van der Waals surface area contributed by atoms with Crippen LogP contribution in [0, 0.1) is 17.2 Å². The lowest BCUT2D eigenvalue weighted by atomic mass is 9.97. The van der Waals surface area contributed by atoms with Gasteiger partial charge in [0, 0.05) is 22.0 Å². The second-order valence-electron chi connectivity index (χ2n) is 9.81. The number of aromatic nitrogens is 1. The third kappa shape index (κ3) is 7.14. The van der Waals surface area contributed by atoms with E-state index in [2.05, 4.69) is 31.8 Å². The van der Waals surface area contributed by atoms with Gasteiger partial charge in [0.15, 0.2) is 0 Å². The van der Waals surface area contributed by atoms with E-state index in [0.717, 1.165) is 51.4 Å². The van der Waals surface area contributed by atoms with Crippen molar-refractivity contribution < 1.29 is 19.1 Å². The molecule has 206 valence electrons. The molecule has 0 fully saturated rings. The fraction of sp³-hybridized carbons (Fsp3) is 0.438. The number of rotatable bonds is 13. The molecule has 0 aliphatic heterocycles. The lowest BCUT2D eigenvalue weighted by molar-refractivity contribution is -0.138. The quantitative estimate of drug-likeness (QED) is 0.188. The minimum atomic E-state index is -0.675. The third-order valence-corrected chi connectivity index (χ3v) is 7.06. The Morgan fingerprint density at radius 1 is 0.897 bits per heavy atom. The second-order valence-corrected chi connectivity index (χ2v) is 9.81. The third-order valence-electron chi connectivity index (χ3n) is 7.06. The van der Waals surface area contributed by atoms with Gasteiger partial charge in [0.2, 0.25) is 0 Å². The molecule has 0 saturated carbocycles. The zero-order chi connectivity index (χ0) is 28.2. The van der Waals surface area contributed by atoms with Crippen molar-refractivity contribution in [2.75, 3.05) is 13.2 Å². The molecule has 39 heavy (non-hydrogen) atoms. The molecule has 7 nitrogen and oxygen atoms in total. The van der Waals surface area contributed by atoms with Crippen LogP contribution < -0.4 is 16.2 Å². The zero-order valence-corrected chi connectivity index (χ0v) is 23.3. The molecule has 0 radical (unpaired) electrons. The summed E-state index contributed by atoms with van der Waals surface area (Å²) in [7, 11) is 0. The van der Waals surface area contributed by atoms with Crippen molar-refractivity contribution in [3.63, 3.8) is 0 Å². The predicted molar refractivity (Wildman–Crippen MR) is 154 cm³/mol. The Morgan fingerprint density at radius 3 is 2.26 bits per heavy atom. The van der Waals surface area contributed by atoms with Crippen molar-refractivity contribution in [1.82, 2.24) is 4.98 Å². The van der Waals surface area contributed by atoms with Gasteiger partial charge in [-0.2, -0.15) is 5.26 Å². The van der Waals surface area contributed by atoms with E-state index in [1.165, 1.54) is 0 Å². The van der Waals surface area contributed by atoms with Crippen LogP contribution >= 0.6 is 0 Å². The first kappa shape index (κ1) is 29.6. The zero-order valence-electron chi connectivity index (χ0n) is 23.3. The number of unbranched alkanes of at least 4 members (excludes halogenated alkanes) is 4. The van der Waals surface area contributed by atoms with Gasteiger partial charge in [-0.05, 0) is 35.6 Å². The molecule has 1 aromatic heterocycles. The minimum absolute atomic E-state index is 0.0520. The molecule has 1 heterocycles. The highest BCUT2D eigenvalue weighted by Crippen LogP contribution is 2.17. The predicted octanol–water partition coefficient (Wildman–Crippen LogP) is 5.01. The summed E-state index contributed by atoms with van der Waals surface area (Å²) in [6, 6.07) is 12.8. The number of ether oxygens (including phenoxy) is 2. The van der Waals surface area contributed by atoms with Gasteiger partial charge in [0.25, 0.3) is 0 Å². The average molecular weight is 530 g/mol. The maximum Gasteiger partial charge on any atom is 0.354 e. The van der Waals surface area contributed by atoms with Crippen molar-refractivity contribution in [2.24, 2.45) is 11.7 Å². The number of pyridine rings is 1. The number of hydrogen-bond acceptors (Lipinski definition) is 7. The highest BCUT2D eigenvalue weighted by Gasteiger charge is 2.20. The Kier molecular flexibility index (Phi) is 11.3. The maximum absolute atomic E-state index is 13.2. The van der Waals surface area contributed by atoms with Crippen molar-refractivity contribution in [2.45, 2.75) is 72.1 Å². The van der Waals surface area contributed by atoms with Crippen LogP contribution in [-0.2, 0) is 19.1 Å². The lowest BCUT2D eigenvalue weighted by Crippen LogP contribution is -2.29. The number of nitrogens with zero attached hydrogens (tertiary/aromatic N) is 2. The van der Waals surface area contributed by atoms with E-state index in [9.17, 15) is 14.9 Å². The van der Waals surface area contributed by atoms with E-state index in [1.807, 2.05) is 24.3 Å². The summed E-state index contributed by atoms with van der Waals surface area (Å²) >= 11 is 0. The topological polar surface area (TPSA) is 115 Å². The summed E-state index contributed by atoms with van der Waals surface area (Å²) in [6.07, 6.45) is 9.50. The van der Waals surface area contributed by atoms with E-state index in [0.29, 0.717) is 38.7 Å². The molecule has 0 saturated heterocycles. The first-order chi connectivity index (χ1) is 19.0. The fourth-order valence-electron chi connectivity index (χ4n) is 4.78. The molecule has 0 spiro atoms. The normalized spacial score (nSPS) is 13.5. The van der Waals surface area contributed by atoms with Crippen LogP contribution in [0.15, 0.2) is 42.6 Å².